The fourth-order valence-corrected chi connectivity index (χ4v) is 8.40. The largest absolute Gasteiger partial charge is 0.0619 e. The van der Waals surface area contributed by atoms with E-state index in [1.165, 1.54) is 98.4 Å². The van der Waals surface area contributed by atoms with Gasteiger partial charge in [0.2, 0.25) is 0 Å². The van der Waals surface area contributed by atoms with Gasteiger partial charge in [-0.2, -0.15) is 0 Å². The summed E-state index contributed by atoms with van der Waals surface area (Å²) in [4.78, 5) is 0. The summed E-state index contributed by atoms with van der Waals surface area (Å²) in [5.74, 6) is 0. The third kappa shape index (κ3) is 3.82. The van der Waals surface area contributed by atoms with Crippen LogP contribution in [0.15, 0.2) is 158 Å². The lowest BCUT2D eigenvalue weighted by Crippen LogP contribution is -2.14. The smallest absolute Gasteiger partial charge is 0.0159 e. The van der Waals surface area contributed by atoms with Gasteiger partial charge < -0.3 is 0 Å². The first-order valence-corrected chi connectivity index (χ1v) is 16.6. The van der Waals surface area contributed by atoms with Crippen molar-refractivity contribution in [2.45, 2.75) is 19.3 Å². The van der Waals surface area contributed by atoms with Gasteiger partial charge in [0.1, 0.15) is 0 Å². The van der Waals surface area contributed by atoms with Gasteiger partial charge in [-0.3, -0.25) is 0 Å². The fraction of sp³-hybridized carbons (Fsp3) is 0.0638. The third-order valence-electron chi connectivity index (χ3n) is 10.8. The first-order chi connectivity index (χ1) is 23.0. The van der Waals surface area contributed by atoms with Gasteiger partial charge in [0, 0.05) is 5.41 Å². The Hall–Kier alpha value is -5.72. The molecule has 0 unspecified atom stereocenters. The van der Waals surface area contributed by atoms with E-state index in [0.717, 1.165) is 0 Å². The molecule has 0 radical (unpaired) electrons. The summed E-state index contributed by atoms with van der Waals surface area (Å²) in [6.07, 6.45) is 0. The van der Waals surface area contributed by atoms with Gasteiger partial charge in [-0.05, 0) is 123 Å². The molecule has 0 nitrogen and oxygen atoms in total. The zero-order chi connectivity index (χ0) is 31.3. The molecule has 0 saturated heterocycles. The number of hydrogen-bond donors (Lipinski definition) is 0. The average Bonchev–Trinajstić information content (AvgIpc) is 3.36. The molecule has 0 heterocycles. The lowest BCUT2D eigenvalue weighted by molar-refractivity contribution is 0.660. The number of hydrogen-bond acceptors (Lipinski definition) is 0. The van der Waals surface area contributed by atoms with Crippen LogP contribution in [0.1, 0.15) is 25.0 Å². The van der Waals surface area contributed by atoms with Crippen LogP contribution in [0.4, 0.5) is 0 Å². The Morgan fingerprint density at radius 2 is 0.894 bits per heavy atom. The summed E-state index contributed by atoms with van der Waals surface area (Å²) in [6.45, 7) is 4.71. The quantitative estimate of drug-likeness (QED) is 0.174. The summed E-state index contributed by atoms with van der Waals surface area (Å²) in [7, 11) is 0. The lowest BCUT2D eigenvalue weighted by Gasteiger charge is -2.22. The Kier molecular flexibility index (Phi) is 5.44. The molecular weight excluding hydrogens is 565 g/mol. The highest BCUT2D eigenvalue weighted by Crippen LogP contribution is 2.49. The van der Waals surface area contributed by atoms with E-state index in [4.69, 9.17) is 0 Å². The van der Waals surface area contributed by atoms with Crippen LogP contribution in [0, 0.1) is 0 Å². The minimum Gasteiger partial charge on any atom is -0.0619 e. The molecule has 0 bridgehead atoms. The molecule has 0 atom stereocenters. The second-order valence-electron chi connectivity index (χ2n) is 13.7. The Bertz CT molecular complexity index is 2760. The summed E-state index contributed by atoms with van der Waals surface area (Å²) in [5.41, 5.74) is 10.6. The van der Waals surface area contributed by atoms with E-state index in [1.54, 1.807) is 0 Å². The molecule has 0 saturated carbocycles. The molecule has 0 aliphatic heterocycles. The minimum absolute atomic E-state index is 0.0153. The number of benzene rings is 9. The van der Waals surface area contributed by atoms with Crippen LogP contribution in [-0.4, -0.2) is 0 Å². The van der Waals surface area contributed by atoms with Gasteiger partial charge >= 0.3 is 0 Å². The van der Waals surface area contributed by atoms with Crippen molar-refractivity contribution in [2.75, 3.05) is 0 Å². The SMILES string of the molecule is CC1(C)c2ccccc2-c2ccc(-c3ccc4ccc(-c5cc6ccc7ccccc7c6c6c5ccc5ccccc56)cc4c3)cc21. The highest BCUT2D eigenvalue weighted by Gasteiger charge is 2.35. The molecular formula is C47H32. The van der Waals surface area contributed by atoms with Crippen molar-refractivity contribution in [2.24, 2.45) is 0 Å². The topological polar surface area (TPSA) is 0 Å². The Morgan fingerprint density at radius 1 is 0.319 bits per heavy atom. The number of fused-ring (bicyclic) bond motifs is 11. The highest BCUT2D eigenvalue weighted by atomic mass is 14.4. The van der Waals surface area contributed by atoms with Crippen molar-refractivity contribution in [1.82, 2.24) is 0 Å². The molecule has 0 heteroatoms. The molecule has 9 aromatic carbocycles. The molecule has 220 valence electrons. The van der Waals surface area contributed by atoms with Crippen LogP contribution < -0.4 is 0 Å². The maximum atomic E-state index is 2.42. The molecule has 9 aromatic rings. The van der Waals surface area contributed by atoms with Crippen molar-refractivity contribution in [3.8, 4) is 33.4 Å². The van der Waals surface area contributed by atoms with Crippen molar-refractivity contribution in [3.63, 3.8) is 0 Å². The van der Waals surface area contributed by atoms with Crippen molar-refractivity contribution < 1.29 is 0 Å². The Balaban J connectivity index is 1.17. The van der Waals surface area contributed by atoms with Gasteiger partial charge in [-0.1, -0.05) is 147 Å². The molecule has 1 aliphatic carbocycles. The Morgan fingerprint density at radius 3 is 1.72 bits per heavy atom. The van der Waals surface area contributed by atoms with E-state index in [-0.39, 0.29) is 5.41 Å². The maximum absolute atomic E-state index is 2.42. The van der Waals surface area contributed by atoms with Crippen LogP contribution in [0.25, 0.3) is 87.2 Å². The first-order valence-electron chi connectivity index (χ1n) is 16.6. The lowest BCUT2D eigenvalue weighted by atomic mass is 9.81. The summed E-state index contributed by atoms with van der Waals surface area (Å²) < 4.78 is 0. The van der Waals surface area contributed by atoms with Gasteiger partial charge in [-0.15, -0.1) is 0 Å². The maximum Gasteiger partial charge on any atom is 0.0159 e. The van der Waals surface area contributed by atoms with Gasteiger partial charge in [0.05, 0.1) is 0 Å². The summed E-state index contributed by atoms with van der Waals surface area (Å²) >= 11 is 0. The van der Waals surface area contributed by atoms with E-state index in [9.17, 15) is 0 Å². The van der Waals surface area contributed by atoms with E-state index in [1.807, 2.05) is 0 Å². The van der Waals surface area contributed by atoms with Crippen LogP contribution in [0.2, 0.25) is 0 Å². The van der Waals surface area contributed by atoms with Gasteiger partial charge in [0.15, 0.2) is 0 Å². The second-order valence-corrected chi connectivity index (χ2v) is 13.7. The molecule has 0 amide bonds. The van der Waals surface area contributed by atoms with Crippen LogP contribution in [-0.2, 0) is 5.41 Å². The van der Waals surface area contributed by atoms with Crippen LogP contribution >= 0.6 is 0 Å². The molecule has 10 rings (SSSR count). The van der Waals surface area contributed by atoms with E-state index >= 15 is 0 Å². The number of rotatable bonds is 2. The predicted molar refractivity (Wildman–Crippen MR) is 202 cm³/mol. The molecule has 0 fully saturated rings. The standard InChI is InChI=1S/C47H32/c1-47(2)43-14-8-7-13-39(43)40-23-22-33(28-44(40)47)32-18-15-29-16-19-34(26-36(29)25-32)42-27-35-20-17-30-9-3-5-11-37(30)45(35)46-38-12-6-4-10-31(38)21-24-41(42)46/h3-28H,1-2H3. The third-order valence-corrected chi connectivity index (χ3v) is 10.8. The Labute approximate surface area is 274 Å². The molecule has 1 aliphatic rings. The molecule has 0 aromatic heterocycles. The molecule has 47 heavy (non-hydrogen) atoms. The normalized spacial score (nSPS) is 13.5. The van der Waals surface area contributed by atoms with Gasteiger partial charge in [-0.25, -0.2) is 0 Å². The zero-order valence-corrected chi connectivity index (χ0v) is 26.5. The van der Waals surface area contributed by atoms with E-state index < -0.39 is 0 Å². The van der Waals surface area contributed by atoms with Gasteiger partial charge in [0.25, 0.3) is 0 Å². The van der Waals surface area contributed by atoms with Crippen LogP contribution in [0.3, 0.4) is 0 Å². The summed E-state index contributed by atoms with van der Waals surface area (Å²) in [6, 6.07) is 59.0. The second kappa shape index (κ2) is 9.64. The predicted octanol–water partition coefficient (Wildman–Crippen LogP) is 13.1. The summed E-state index contributed by atoms with van der Waals surface area (Å²) in [5, 5.41) is 12.9. The minimum atomic E-state index is -0.0153. The fourth-order valence-electron chi connectivity index (χ4n) is 8.40. The highest BCUT2D eigenvalue weighted by molar-refractivity contribution is 6.30. The molecule has 0 spiro atoms. The van der Waals surface area contributed by atoms with E-state index in [2.05, 4.69) is 172 Å². The average molecular weight is 597 g/mol. The van der Waals surface area contributed by atoms with Crippen molar-refractivity contribution in [3.05, 3.63) is 169 Å². The van der Waals surface area contributed by atoms with Crippen LogP contribution in [0.5, 0.6) is 0 Å². The van der Waals surface area contributed by atoms with Crippen molar-refractivity contribution in [1.29, 1.82) is 0 Å². The molecule has 0 N–H and O–H groups in total. The monoisotopic (exact) mass is 596 g/mol. The first kappa shape index (κ1) is 26.5. The van der Waals surface area contributed by atoms with E-state index in [0.29, 0.717) is 0 Å². The van der Waals surface area contributed by atoms with Crippen molar-refractivity contribution >= 4 is 53.9 Å². The zero-order valence-electron chi connectivity index (χ0n) is 26.5.